The normalized spacial score (nSPS) is 15.8. The van der Waals surface area contributed by atoms with Crippen LogP contribution in [-0.4, -0.2) is 38.3 Å². The highest BCUT2D eigenvalue weighted by molar-refractivity contribution is 6.02. The van der Waals surface area contributed by atoms with E-state index in [1.54, 1.807) is 0 Å². The van der Waals surface area contributed by atoms with Crippen LogP contribution in [0.5, 0.6) is 0 Å². The first kappa shape index (κ1) is 12.2. The molecule has 19 heavy (non-hydrogen) atoms. The maximum absolute atomic E-state index is 5.42. The van der Waals surface area contributed by atoms with Crippen LogP contribution in [0.4, 0.5) is 11.5 Å². The van der Waals surface area contributed by atoms with E-state index in [9.17, 15) is 0 Å². The molecule has 0 unspecified atom stereocenters. The summed E-state index contributed by atoms with van der Waals surface area (Å²) in [6.07, 6.45) is 1.93. The van der Waals surface area contributed by atoms with Gasteiger partial charge < -0.3 is 15.0 Å². The molecule has 0 bridgehead atoms. The lowest BCUT2D eigenvalue weighted by atomic mass is 10.0. The third kappa shape index (κ3) is 2.12. The van der Waals surface area contributed by atoms with E-state index in [2.05, 4.69) is 40.3 Å². The summed E-state index contributed by atoms with van der Waals surface area (Å²) < 4.78 is 5.42. The van der Waals surface area contributed by atoms with Gasteiger partial charge in [0.1, 0.15) is 5.82 Å². The molecule has 1 aliphatic rings. The molecule has 2 aromatic rings. The van der Waals surface area contributed by atoms with Crippen molar-refractivity contribution in [1.82, 2.24) is 4.98 Å². The van der Waals surface area contributed by atoms with Crippen LogP contribution >= 0.6 is 0 Å². The second-order valence-corrected chi connectivity index (χ2v) is 4.84. The molecule has 1 aliphatic heterocycles. The number of hydrogen-bond acceptors (Lipinski definition) is 4. The van der Waals surface area contributed by atoms with E-state index in [4.69, 9.17) is 4.74 Å². The van der Waals surface area contributed by atoms with Crippen molar-refractivity contribution in [3.8, 4) is 0 Å². The maximum atomic E-state index is 5.42. The molecule has 3 rings (SSSR count). The standard InChI is InChI=1S/C15H19N3O/c1-11-4-3-5-12-14(11)13(16-2)10-17-15(12)18-6-8-19-9-7-18/h3-5,10,16H,6-9H2,1-2H3. The first-order valence-electron chi connectivity index (χ1n) is 6.70. The molecular weight excluding hydrogens is 238 g/mol. The lowest BCUT2D eigenvalue weighted by Gasteiger charge is -2.29. The molecule has 1 fully saturated rings. The van der Waals surface area contributed by atoms with E-state index in [0.717, 1.165) is 37.8 Å². The molecule has 1 aromatic carbocycles. The van der Waals surface area contributed by atoms with Gasteiger partial charge in [0.05, 0.1) is 25.1 Å². The van der Waals surface area contributed by atoms with Gasteiger partial charge in [-0.2, -0.15) is 0 Å². The summed E-state index contributed by atoms with van der Waals surface area (Å²) in [6.45, 7) is 5.53. The quantitative estimate of drug-likeness (QED) is 0.896. The maximum Gasteiger partial charge on any atom is 0.136 e. The van der Waals surface area contributed by atoms with Crippen LogP contribution in [0, 0.1) is 6.92 Å². The molecule has 0 amide bonds. The molecule has 0 aliphatic carbocycles. The second kappa shape index (κ2) is 5.05. The number of aromatic nitrogens is 1. The summed E-state index contributed by atoms with van der Waals surface area (Å²) in [4.78, 5) is 6.96. The van der Waals surface area contributed by atoms with Gasteiger partial charge >= 0.3 is 0 Å². The van der Waals surface area contributed by atoms with Gasteiger partial charge in [-0.3, -0.25) is 0 Å². The van der Waals surface area contributed by atoms with E-state index in [-0.39, 0.29) is 0 Å². The Morgan fingerprint density at radius 1 is 1.26 bits per heavy atom. The van der Waals surface area contributed by atoms with Gasteiger partial charge in [-0.25, -0.2) is 4.98 Å². The van der Waals surface area contributed by atoms with Crippen molar-refractivity contribution in [2.24, 2.45) is 0 Å². The Bertz CT molecular complexity index is 591. The van der Waals surface area contributed by atoms with Gasteiger partial charge in [0.2, 0.25) is 0 Å². The van der Waals surface area contributed by atoms with Crippen LogP contribution in [0.25, 0.3) is 10.8 Å². The molecule has 0 spiro atoms. The molecule has 1 saturated heterocycles. The number of morpholine rings is 1. The minimum Gasteiger partial charge on any atom is -0.386 e. The predicted octanol–water partition coefficient (Wildman–Crippen LogP) is 2.42. The zero-order chi connectivity index (χ0) is 13.2. The van der Waals surface area contributed by atoms with Crippen molar-refractivity contribution in [2.45, 2.75) is 6.92 Å². The van der Waals surface area contributed by atoms with E-state index in [1.807, 2.05) is 13.2 Å². The number of aryl methyl sites for hydroxylation is 1. The van der Waals surface area contributed by atoms with Crippen molar-refractivity contribution in [3.05, 3.63) is 30.0 Å². The number of anilines is 2. The van der Waals surface area contributed by atoms with Gasteiger partial charge in [-0.05, 0) is 12.5 Å². The number of pyridine rings is 1. The predicted molar refractivity (Wildman–Crippen MR) is 79.1 cm³/mol. The van der Waals surface area contributed by atoms with Crippen molar-refractivity contribution < 1.29 is 4.74 Å². The average Bonchev–Trinajstić information content (AvgIpc) is 2.47. The SMILES string of the molecule is CNc1cnc(N2CCOCC2)c2cccc(C)c12. The summed E-state index contributed by atoms with van der Waals surface area (Å²) in [5, 5.41) is 5.72. The van der Waals surface area contributed by atoms with Crippen molar-refractivity contribution in [1.29, 1.82) is 0 Å². The Labute approximate surface area is 113 Å². The highest BCUT2D eigenvalue weighted by Crippen LogP contribution is 2.32. The minimum absolute atomic E-state index is 0.781. The lowest BCUT2D eigenvalue weighted by molar-refractivity contribution is 0.122. The number of hydrogen-bond donors (Lipinski definition) is 1. The van der Waals surface area contributed by atoms with Crippen LogP contribution in [-0.2, 0) is 4.74 Å². The number of rotatable bonds is 2. The van der Waals surface area contributed by atoms with E-state index < -0.39 is 0 Å². The van der Waals surface area contributed by atoms with Crippen molar-refractivity contribution >= 4 is 22.3 Å². The van der Waals surface area contributed by atoms with Crippen LogP contribution < -0.4 is 10.2 Å². The first-order chi connectivity index (χ1) is 9.31. The Morgan fingerprint density at radius 3 is 2.79 bits per heavy atom. The van der Waals surface area contributed by atoms with Gasteiger partial charge in [0.25, 0.3) is 0 Å². The summed E-state index contributed by atoms with van der Waals surface area (Å²) in [5.41, 5.74) is 2.36. The fourth-order valence-corrected chi connectivity index (χ4v) is 2.69. The van der Waals surface area contributed by atoms with Crippen molar-refractivity contribution in [2.75, 3.05) is 43.6 Å². The van der Waals surface area contributed by atoms with E-state index in [1.165, 1.54) is 16.3 Å². The largest absolute Gasteiger partial charge is 0.386 e. The van der Waals surface area contributed by atoms with Crippen LogP contribution in [0.15, 0.2) is 24.4 Å². The molecule has 0 atom stereocenters. The number of fused-ring (bicyclic) bond motifs is 1. The third-order valence-electron chi connectivity index (χ3n) is 3.68. The fraction of sp³-hybridized carbons (Fsp3) is 0.400. The summed E-state index contributed by atoms with van der Waals surface area (Å²) in [6, 6.07) is 6.40. The van der Waals surface area contributed by atoms with Crippen molar-refractivity contribution in [3.63, 3.8) is 0 Å². The zero-order valence-corrected chi connectivity index (χ0v) is 11.4. The molecule has 100 valence electrons. The number of nitrogens with zero attached hydrogens (tertiary/aromatic N) is 2. The molecule has 1 N–H and O–H groups in total. The smallest absolute Gasteiger partial charge is 0.136 e. The van der Waals surface area contributed by atoms with Gasteiger partial charge in [-0.1, -0.05) is 18.2 Å². The molecule has 1 aromatic heterocycles. The zero-order valence-electron chi connectivity index (χ0n) is 11.4. The highest BCUT2D eigenvalue weighted by atomic mass is 16.5. The first-order valence-corrected chi connectivity index (χ1v) is 6.70. The van der Waals surface area contributed by atoms with E-state index >= 15 is 0 Å². The fourth-order valence-electron chi connectivity index (χ4n) is 2.69. The third-order valence-corrected chi connectivity index (χ3v) is 3.68. The van der Waals surface area contributed by atoms with Crippen LogP contribution in [0.3, 0.4) is 0 Å². The monoisotopic (exact) mass is 257 g/mol. The highest BCUT2D eigenvalue weighted by Gasteiger charge is 2.17. The number of nitrogens with one attached hydrogen (secondary N) is 1. The van der Waals surface area contributed by atoms with E-state index in [0.29, 0.717) is 0 Å². The van der Waals surface area contributed by atoms with Gasteiger partial charge in [0, 0.05) is 30.9 Å². The van der Waals surface area contributed by atoms with Crippen LogP contribution in [0.2, 0.25) is 0 Å². The number of benzene rings is 1. The average molecular weight is 257 g/mol. The summed E-state index contributed by atoms with van der Waals surface area (Å²) in [7, 11) is 1.94. The molecule has 2 heterocycles. The molecule has 4 heteroatoms. The van der Waals surface area contributed by atoms with Gasteiger partial charge in [0.15, 0.2) is 0 Å². The van der Waals surface area contributed by atoms with Crippen LogP contribution in [0.1, 0.15) is 5.56 Å². The Balaban J connectivity index is 2.18. The molecule has 0 radical (unpaired) electrons. The topological polar surface area (TPSA) is 37.4 Å². The lowest BCUT2D eigenvalue weighted by Crippen LogP contribution is -2.36. The Kier molecular flexibility index (Phi) is 3.25. The Morgan fingerprint density at radius 2 is 2.05 bits per heavy atom. The Hall–Kier alpha value is -1.81. The number of ether oxygens (including phenoxy) is 1. The molecular formula is C15H19N3O. The minimum atomic E-state index is 0.781. The summed E-state index contributed by atoms with van der Waals surface area (Å²) >= 11 is 0. The summed E-state index contributed by atoms with van der Waals surface area (Å²) in [5.74, 6) is 1.07. The van der Waals surface area contributed by atoms with Gasteiger partial charge in [-0.15, -0.1) is 0 Å². The molecule has 0 saturated carbocycles. The second-order valence-electron chi connectivity index (χ2n) is 4.84. The molecule has 4 nitrogen and oxygen atoms in total.